The van der Waals surface area contributed by atoms with Crippen molar-refractivity contribution in [3.63, 3.8) is 0 Å². The Labute approximate surface area is 70.9 Å². The van der Waals surface area contributed by atoms with Gasteiger partial charge in [0.25, 0.3) is 5.56 Å². The smallest absolute Gasteiger partial charge is 0.313 e. The van der Waals surface area contributed by atoms with Crippen LogP contribution in [0.1, 0.15) is 0 Å². The van der Waals surface area contributed by atoms with Gasteiger partial charge in [-0.25, -0.2) is 9.78 Å². The van der Waals surface area contributed by atoms with Crippen LogP contribution in [0, 0.1) is 0 Å². The molecule has 0 saturated heterocycles. The summed E-state index contributed by atoms with van der Waals surface area (Å²) in [5.74, 6) is 0.317. The number of nitrogens with one attached hydrogen (secondary N) is 3. The molecule has 0 amide bonds. The Bertz CT molecular complexity index is 508. The van der Waals surface area contributed by atoms with Gasteiger partial charge in [-0.05, 0) is 0 Å². The van der Waals surface area contributed by atoms with Crippen LogP contribution in [0.5, 0.6) is 0 Å². The van der Waals surface area contributed by atoms with Gasteiger partial charge in [-0.15, -0.1) is 0 Å². The quantitative estimate of drug-likeness (QED) is 0.513. The molecule has 0 fully saturated rings. The molecule has 66 valence electrons. The average Bonchev–Trinajstić information content (AvgIpc) is 2.56. The van der Waals surface area contributed by atoms with Gasteiger partial charge in [-0.1, -0.05) is 0 Å². The standard InChI is InChI=1S/C6H5N5O2/c12-5-3(1-7-6(13)10-5)4-8-2-9-11-4/h1-2H,(H,8,9,11)(H2,7,10,12,13). The number of aromatic amines is 3. The minimum atomic E-state index is -0.548. The lowest BCUT2D eigenvalue weighted by molar-refractivity contribution is 1.02. The Morgan fingerprint density at radius 2 is 2.15 bits per heavy atom. The summed E-state index contributed by atoms with van der Waals surface area (Å²) >= 11 is 0. The number of nitrogens with zero attached hydrogens (tertiary/aromatic N) is 2. The molecule has 0 aliphatic carbocycles. The number of H-pyrrole nitrogens is 3. The van der Waals surface area contributed by atoms with Gasteiger partial charge in [0.1, 0.15) is 11.9 Å². The summed E-state index contributed by atoms with van der Waals surface area (Å²) in [6.45, 7) is 0. The summed E-state index contributed by atoms with van der Waals surface area (Å²) in [7, 11) is 0. The van der Waals surface area contributed by atoms with Crippen molar-refractivity contribution in [1.29, 1.82) is 0 Å². The first kappa shape index (κ1) is 7.47. The van der Waals surface area contributed by atoms with Crippen molar-refractivity contribution in [1.82, 2.24) is 25.1 Å². The fourth-order valence-corrected chi connectivity index (χ4v) is 0.921. The van der Waals surface area contributed by atoms with Gasteiger partial charge in [0, 0.05) is 6.20 Å². The van der Waals surface area contributed by atoms with Gasteiger partial charge in [0.2, 0.25) is 0 Å². The van der Waals surface area contributed by atoms with Gasteiger partial charge < -0.3 is 4.98 Å². The Kier molecular flexibility index (Phi) is 1.55. The van der Waals surface area contributed by atoms with Crippen LogP contribution in [0.3, 0.4) is 0 Å². The fourth-order valence-electron chi connectivity index (χ4n) is 0.921. The molecule has 2 aromatic heterocycles. The summed E-state index contributed by atoms with van der Waals surface area (Å²) in [6, 6.07) is 0. The molecule has 0 aromatic carbocycles. The van der Waals surface area contributed by atoms with Crippen molar-refractivity contribution in [3.8, 4) is 11.4 Å². The number of hydrogen-bond donors (Lipinski definition) is 3. The molecular weight excluding hydrogens is 174 g/mol. The maximum absolute atomic E-state index is 11.2. The van der Waals surface area contributed by atoms with Crippen LogP contribution in [-0.2, 0) is 0 Å². The van der Waals surface area contributed by atoms with Crippen molar-refractivity contribution in [3.05, 3.63) is 33.4 Å². The second kappa shape index (κ2) is 2.70. The van der Waals surface area contributed by atoms with E-state index in [2.05, 4.69) is 25.1 Å². The molecule has 2 heterocycles. The average molecular weight is 179 g/mol. The Balaban J connectivity index is 2.67. The van der Waals surface area contributed by atoms with E-state index in [1.165, 1.54) is 12.5 Å². The molecule has 2 aromatic rings. The zero-order valence-corrected chi connectivity index (χ0v) is 6.37. The molecule has 0 spiro atoms. The van der Waals surface area contributed by atoms with E-state index in [-0.39, 0.29) is 5.56 Å². The van der Waals surface area contributed by atoms with Crippen molar-refractivity contribution in [2.75, 3.05) is 0 Å². The van der Waals surface area contributed by atoms with E-state index < -0.39 is 11.2 Å². The minimum absolute atomic E-state index is 0.247. The predicted molar refractivity (Wildman–Crippen MR) is 43.1 cm³/mol. The van der Waals surface area contributed by atoms with Crippen LogP contribution in [-0.4, -0.2) is 25.1 Å². The first-order chi connectivity index (χ1) is 6.27. The maximum atomic E-state index is 11.2. The molecule has 0 radical (unpaired) electrons. The van der Waals surface area contributed by atoms with Crippen LogP contribution in [0.2, 0.25) is 0 Å². The topological polar surface area (TPSA) is 107 Å². The third kappa shape index (κ3) is 1.26. The van der Waals surface area contributed by atoms with Crippen LogP contribution >= 0.6 is 0 Å². The Morgan fingerprint density at radius 3 is 2.77 bits per heavy atom. The van der Waals surface area contributed by atoms with Crippen molar-refractivity contribution in [2.45, 2.75) is 0 Å². The normalized spacial score (nSPS) is 10.2. The summed E-state index contributed by atoms with van der Waals surface area (Å²) in [6.07, 6.45) is 2.56. The maximum Gasteiger partial charge on any atom is 0.325 e. The van der Waals surface area contributed by atoms with Crippen molar-refractivity contribution in [2.24, 2.45) is 0 Å². The van der Waals surface area contributed by atoms with Crippen LogP contribution in [0.25, 0.3) is 11.4 Å². The molecule has 3 N–H and O–H groups in total. The van der Waals surface area contributed by atoms with Gasteiger partial charge in [0.05, 0.1) is 0 Å². The van der Waals surface area contributed by atoms with Crippen LogP contribution in [0.4, 0.5) is 0 Å². The minimum Gasteiger partial charge on any atom is -0.313 e. The highest BCUT2D eigenvalue weighted by Gasteiger charge is 2.05. The second-order valence-electron chi connectivity index (χ2n) is 2.32. The molecule has 0 atom stereocenters. The van der Waals surface area contributed by atoms with Gasteiger partial charge in [-0.2, -0.15) is 5.10 Å². The molecular formula is C6H5N5O2. The molecule has 0 saturated carbocycles. The highest BCUT2D eigenvalue weighted by atomic mass is 16.2. The second-order valence-corrected chi connectivity index (χ2v) is 2.32. The van der Waals surface area contributed by atoms with Crippen LogP contribution in [0.15, 0.2) is 22.1 Å². The van der Waals surface area contributed by atoms with Gasteiger partial charge >= 0.3 is 5.69 Å². The largest absolute Gasteiger partial charge is 0.325 e. The molecule has 0 unspecified atom stereocenters. The molecule has 7 nitrogen and oxygen atoms in total. The van der Waals surface area contributed by atoms with E-state index in [0.717, 1.165) is 0 Å². The molecule has 7 heteroatoms. The molecule has 0 aliphatic heterocycles. The number of aromatic nitrogens is 5. The lowest BCUT2D eigenvalue weighted by Gasteiger charge is -1.91. The van der Waals surface area contributed by atoms with E-state index in [4.69, 9.17) is 0 Å². The van der Waals surface area contributed by atoms with Gasteiger partial charge in [-0.3, -0.25) is 14.9 Å². The van der Waals surface area contributed by atoms with Gasteiger partial charge in [0.15, 0.2) is 5.82 Å². The first-order valence-electron chi connectivity index (χ1n) is 3.45. The third-order valence-electron chi connectivity index (χ3n) is 1.49. The fraction of sp³-hybridized carbons (Fsp3) is 0. The van der Waals surface area contributed by atoms with E-state index in [9.17, 15) is 9.59 Å². The van der Waals surface area contributed by atoms with E-state index in [1.54, 1.807) is 0 Å². The van der Waals surface area contributed by atoms with Crippen LogP contribution < -0.4 is 11.2 Å². The lowest BCUT2D eigenvalue weighted by Crippen LogP contribution is -2.22. The van der Waals surface area contributed by atoms with Crippen molar-refractivity contribution < 1.29 is 0 Å². The van der Waals surface area contributed by atoms with E-state index >= 15 is 0 Å². The summed E-state index contributed by atoms with van der Waals surface area (Å²) in [4.78, 5) is 30.0. The monoisotopic (exact) mass is 179 g/mol. The lowest BCUT2D eigenvalue weighted by atomic mass is 10.3. The SMILES string of the molecule is O=c1[nH]cc(-c2ncn[nH]2)c(=O)[nH]1. The molecule has 0 aliphatic rings. The highest BCUT2D eigenvalue weighted by Crippen LogP contribution is 2.02. The number of rotatable bonds is 1. The highest BCUT2D eigenvalue weighted by molar-refractivity contribution is 5.50. The number of hydrogen-bond acceptors (Lipinski definition) is 4. The predicted octanol–water partition coefficient (Wildman–Crippen LogP) is -1.15. The summed E-state index contributed by atoms with van der Waals surface area (Å²) in [5, 5.41) is 6.09. The zero-order valence-electron chi connectivity index (χ0n) is 6.37. The zero-order chi connectivity index (χ0) is 9.26. The molecule has 0 bridgehead atoms. The van der Waals surface area contributed by atoms with Crippen molar-refractivity contribution >= 4 is 0 Å². The Hall–Kier alpha value is -2.18. The molecule has 2 rings (SSSR count). The summed E-state index contributed by atoms with van der Waals surface area (Å²) < 4.78 is 0. The van der Waals surface area contributed by atoms with E-state index in [1.807, 2.05) is 0 Å². The first-order valence-corrected chi connectivity index (χ1v) is 3.45. The van der Waals surface area contributed by atoms with E-state index in [0.29, 0.717) is 5.82 Å². The molecule has 13 heavy (non-hydrogen) atoms. The third-order valence-corrected chi connectivity index (χ3v) is 1.49. The Morgan fingerprint density at radius 1 is 1.31 bits per heavy atom. The summed E-state index contributed by atoms with van der Waals surface area (Å²) in [5.41, 5.74) is -0.800.